The number of fused-ring (bicyclic) bond motifs is 10. The largest absolute Gasteiger partial charge is 0.395 e. The number of aryl methyl sites for hydroxylation is 2. The smallest absolute Gasteiger partial charge is 0.269 e. The van der Waals surface area contributed by atoms with Crippen LogP contribution in [0.5, 0.6) is 0 Å². The van der Waals surface area contributed by atoms with Crippen LogP contribution in [0.1, 0.15) is 43.0 Å². The Balaban J connectivity index is 1.70. The van der Waals surface area contributed by atoms with E-state index in [0.717, 1.165) is 38.3 Å². The molecule has 0 saturated carbocycles. The Hall–Kier alpha value is -4.44. The van der Waals surface area contributed by atoms with Crippen molar-refractivity contribution in [2.24, 2.45) is 0 Å². The van der Waals surface area contributed by atoms with Gasteiger partial charge in [-0.05, 0) is 82.3 Å². The Morgan fingerprint density at radius 3 is 1.56 bits per heavy atom. The molecule has 3 aromatic carbocycles. The van der Waals surface area contributed by atoms with Crippen molar-refractivity contribution in [2.75, 3.05) is 13.2 Å². The molecule has 1 heterocycles. The summed E-state index contributed by atoms with van der Waals surface area (Å²) in [7, 11) is 0. The van der Waals surface area contributed by atoms with Gasteiger partial charge in [0.25, 0.3) is 23.2 Å². The number of β-amino-alcohol motifs (C(OH)–C–C–N with tert-alkyl or cyclic N) is 1. The summed E-state index contributed by atoms with van der Waals surface area (Å²) >= 11 is 0. The van der Waals surface area contributed by atoms with Crippen LogP contribution in [0, 0.1) is 20.2 Å². The number of non-ortho nitro benzene ring substituents is 2. The predicted octanol–water partition coefficient (Wildman–Crippen LogP) is 3.62. The summed E-state index contributed by atoms with van der Waals surface area (Å²) in [6, 6.07) is 9.32. The summed E-state index contributed by atoms with van der Waals surface area (Å²) in [6.45, 7) is -0.462. The van der Waals surface area contributed by atoms with E-state index in [1.54, 1.807) is 24.3 Å². The van der Waals surface area contributed by atoms with Gasteiger partial charge < -0.3 is 5.11 Å². The minimum Gasteiger partial charge on any atom is -0.395 e. The van der Waals surface area contributed by atoms with Gasteiger partial charge in [-0.25, -0.2) is 0 Å². The molecule has 3 aromatic rings. The zero-order chi connectivity index (χ0) is 25.3. The monoisotopic (exact) mass is 485 g/mol. The maximum absolute atomic E-state index is 13.4. The molecule has 0 bridgehead atoms. The van der Waals surface area contributed by atoms with Crippen LogP contribution >= 0.6 is 0 Å². The van der Waals surface area contributed by atoms with Crippen LogP contribution in [-0.2, 0) is 25.7 Å². The van der Waals surface area contributed by atoms with Gasteiger partial charge in [0.2, 0.25) is 0 Å². The van der Waals surface area contributed by atoms with Gasteiger partial charge in [0.15, 0.2) is 0 Å². The summed E-state index contributed by atoms with van der Waals surface area (Å²) in [6.07, 6.45) is 1.74. The van der Waals surface area contributed by atoms with Crippen molar-refractivity contribution < 1.29 is 24.5 Å². The van der Waals surface area contributed by atoms with Crippen LogP contribution in [0.25, 0.3) is 22.3 Å². The van der Waals surface area contributed by atoms with Crippen LogP contribution < -0.4 is 0 Å². The molecule has 36 heavy (non-hydrogen) atoms. The highest BCUT2D eigenvalue weighted by molar-refractivity contribution is 6.25. The van der Waals surface area contributed by atoms with Crippen molar-refractivity contribution in [3.8, 4) is 22.3 Å². The number of benzene rings is 3. The third-order valence-electron chi connectivity index (χ3n) is 7.38. The van der Waals surface area contributed by atoms with Crippen LogP contribution in [-0.4, -0.2) is 44.8 Å². The van der Waals surface area contributed by atoms with Crippen molar-refractivity contribution in [2.45, 2.75) is 25.7 Å². The molecule has 0 spiro atoms. The highest BCUT2D eigenvalue weighted by Gasteiger charge is 2.43. The number of nitro benzene ring substituents is 2. The highest BCUT2D eigenvalue weighted by Crippen LogP contribution is 2.51. The molecule has 2 amide bonds. The first-order valence-electron chi connectivity index (χ1n) is 11.6. The number of carbonyl (C=O) groups excluding carboxylic acids is 2. The number of hydrogen-bond acceptors (Lipinski definition) is 7. The van der Waals surface area contributed by atoms with Crippen molar-refractivity contribution in [1.29, 1.82) is 0 Å². The van der Waals surface area contributed by atoms with Crippen LogP contribution in [0.2, 0.25) is 0 Å². The fourth-order valence-corrected chi connectivity index (χ4v) is 5.89. The number of rotatable bonds is 4. The Labute approximate surface area is 204 Å². The van der Waals surface area contributed by atoms with Gasteiger partial charge in [-0.2, -0.15) is 0 Å². The average Bonchev–Trinajstić information content (AvgIpc) is 3.12. The van der Waals surface area contributed by atoms with E-state index in [4.69, 9.17) is 0 Å². The zero-order valence-electron chi connectivity index (χ0n) is 18.9. The molecule has 0 atom stereocenters. The van der Waals surface area contributed by atoms with Crippen molar-refractivity contribution >= 4 is 23.2 Å². The highest BCUT2D eigenvalue weighted by atomic mass is 16.6. The molecular weight excluding hydrogens is 466 g/mol. The standard InChI is InChI=1S/C26H19N3O7/c30-10-9-27-25(31)23-19-5-1-13-11-15(28(33)34)3-7-17(13)21(19)22-18-8-4-16(29(35)36)12-14(18)2-6-20(22)24(23)26(27)32/h3-4,7-8,11-12,30H,1-2,5-6,9-10H2. The van der Waals surface area contributed by atoms with Crippen LogP contribution in [0.15, 0.2) is 36.4 Å². The molecule has 0 saturated heterocycles. The normalized spacial score (nSPS) is 15.1. The van der Waals surface area contributed by atoms with Crippen molar-refractivity contribution in [3.05, 3.63) is 90.0 Å². The summed E-state index contributed by atoms with van der Waals surface area (Å²) in [5.41, 5.74) is 6.61. The molecule has 3 aliphatic rings. The van der Waals surface area contributed by atoms with Gasteiger partial charge >= 0.3 is 0 Å². The van der Waals surface area contributed by atoms with E-state index in [2.05, 4.69) is 0 Å². The summed E-state index contributed by atoms with van der Waals surface area (Å²) in [5.74, 6) is -0.883. The number of nitro groups is 2. The van der Waals surface area contributed by atoms with E-state index >= 15 is 0 Å². The third kappa shape index (κ3) is 2.94. The van der Waals surface area contributed by atoms with Gasteiger partial charge in [-0.15, -0.1) is 0 Å². The first kappa shape index (κ1) is 22.1. The number of hydrogen-bond donors (Lipinski definition) is 1. The topological polar surface area (TPSA) is 144 Å². The lowest BCUT2D eigenvalue weighted by molar-refractivity contribution is -0.385. The molecule has 0 radical (unpaired) electrons. The van der Waals surface area contributed by atoms with Gasteiger partial charge in [0, 0.05) is 24.3 Å². The lowest BCUT2D eigenvalue weighted by Gasteiger charge is -2.30. The van der Waals surface area contributed by atoms with E-state index in [9.17, 15) is 34.9 Å². The van der Waals surface area contributed by atoms with Crippen LogP contribution in [0.3, 0.4) is 0 Å². The second-order valence-electron chi connectivity index (χ2n) is 9.14. The summed E-state index contributed by atoms with van der Waals surface area (Å²) < 4.78 is 0. The fourth-order valence-electron chi connectivity index (χ4n) is 5.89. The molecule has 0 aromatic heterocycles. The molecule has 180 valence electrons. The quantitative estimate of drug-likeness (QED) is 0.338. The average molecular weight is 485 g/mol. The second-order valence-corrected chi connectivity index (χ2v) is 9.14. The Morgan fingerprint density at radius 2 is 1.17 bits per heavy atom. The van der Waals surface area contributed by atoms with Crippen molar-refractivity contribution in [1.82, 2.24) is 4.90 Å². The number of carbonyl (C=O) groups is 2. The number of aliphatic hydroxyl groups is 1. The molecule has 1 aliphatic heterocycles. The number of nitrogens with zero attached hydrogens (tertiary/aromatic N) is 3. The summed E-state index contributed by atoms with van der Waals surface area (Å²) in [4.78, 5) is 49.8. The number of amides is 2. The fraction of sp³-hybridized carbons (Fsp3) is 0.231. The van der Waals surface area contributed by atoms with E-state index in [0.29, 0.717) is 47.9 Å². The molecular formula is C26H19N3O7. The van der Waals surface area contributed by atoms with E-state index < -0.39 is 21.7 Å². The van der Waals surface area contributed by atoms with Crippen molar-refractivity contribution in [3.63, 3.8) is 0 Å². The molecule has 1 N–H and O–H groups in total. The molecule has 10 heteroatoms. The van der Waals surface area contributed by atoms with Gasteiger partial charge in [0.1, 0.15) is 0 Å². The molecule has 0 unspecified atom stereocenters. The SMILES string of the molecule is O=C1c2c3c(c4c(c2C(=O)N1CCO)CCc1cc([N+](=O)[O-])ccc1-4)-c1ccc([N+](=O)[O-])cc1CC3. The van der Waals surface area contributed by atoms with Gasteiger partial charge in [-0.1, -0.05) is 0 Å². The minimum atomic E-state index is -0.447. The molecule has 2 aliphatic carbocycles. The molecule has 6 rings (SSSR count). The lowest BCUT2D eigenvalue weighted by Crippen LogP contribution is -2.32. The molecule has 0 fully saturated rings. The van der Waals surface area contributed by atoms with Crippen LogP contribution in [0.4, 0.5) is 11.4 Å². The zero-order valence-corrected chi connectivity index (χ0v) is 18.9. The van der Waals surface area contributed by atoms with E-state index in [-0.39, 0.29) is 24.5 Å². The lowest BCUT2D eigenvalue weighted by atomic mass is 9.72. The van der Waals surface area contributed by atoms with Gasteiger partial charge in [-0.3, -0.25) is 34.7 Å². The minimum absolute atomic E-state index is 0.0244. The van der Waals surface area contributed by atoms with E-state index in [1.807, 2.05) is 0 Å². The Bertz CT molecular complexity index is 1450. The number of imide groups is 1. The maximum atomic E-state index is 13.4. The van der Waals surface area contributed by atoms with Gasteiger partial charge in [0.05, 0.1) is 34.1 Å². The first-order chi connectivity index (χ1) is 17.3. The Morgan fingerprint density at radius 1 is 0.722 bits per heavy atom. The second kappa shape index (κ2) is 7.79. The predicted molar refractivity (Wildman–Crippen MR) is 128 cm³/mol. The Kier molecular flexibility index (Phi) is 4.77. The maximum Gasteiger partial charge on any atom is 0.269 e. The third-order valence-corrected chi connectivity index (χ3v) is 7.38. The van der Waals surface area contributed by atoms with E-state index in [1.165, 1.54) is 12.1 Å². The first-order valence-corrected chi connectivity index (χ1v) is 11.6. The summed E-state index contributed by atoms with van der Waals surface area (Å²) in [5, 5.41) is 32.2. The number of aliphatic hydroxyl groups excluding tert-OH is 1. The molecule has 10 nitrogen and oxygen atoms in total.